The number of aromatic nitrogens is 3. The maximum Gasteiger partial charge on any atom is 0.569 e. The van der Waals surface area contributed by atoms with Gasteiger partial charge in [0.1, 0.15) is 16.9 Å². The van der Waals surface area contributed by atoms with Crippen molar-refractivity contribution in [3.05, 3.63) is 293 Å². The first-order valence-electron chi connectivity index (χ1n) is 36.3. The summed E-state index contributed by atoms with van der Waals surface area (Å²) in [5.74, 6) is 1.71. The van der Waals surface area contributed by atoms with Crippen molar-refractivity contribution in [1.29, 1.82) is 0 Å². The molecule has 17 rings (SSSR count). The number of nitrogens with zero attached hydrogens (tertiary/aromatic N) is 3. The number of hydrogen-bond donors (Lipinski definition) is 1. The number of alkyl halides is 1. The number of halogens is 5. The lowest BCUT2D eigenvalue weighted by molar-refractivity contribution is 0.00578. The van der Waals surface area contributed by atoms with Gasteiger partial charge in [-0.1, -0.05) is 241 Å². The molecule has 21 heteroatoms. The Morgan fingerprint density at radius 1 is 0.391 bits per heavy atom. The summed E-state index contributed by atoms with van der Waals surface area (Å²) < 4.78 is 63.5. The number of rotatable bonds is 8. The van der Waals surface area contributed by atoms with Crippen LogP contribution in [0.15, 0.2) is 282 Å². The third-order valence-corrected chi connectivity index (χ3v) is 21.4. The van der Waals surface area contributed by atoms with Crippen LogP contribution in [0, 0.1) is 0 Å². The second kappa shape index (κ2) is 36.2. The van der Waals surface area contributed by atoms with Gasteiger partial charge in [0, 0.05) is 36.4 Å². The van der Waals surface area contributed by atoms with Crippen LogP contribution in [0.25, 0.3) is 99.3 Å². The number of furan rings is 1. The van der Waals surface area contributed by atoms with E-state index >= 15 is 0 Å². The molecule has 1 N–H and O–H groups in total. The number of hydrogen-bond acceptors (Lipinski definition) is 12. The van der Waals surface area contributed by atoms with Crippen molar-refractivity contribution in [2.45, 2.75) is 124 Å². The van der Waals surface area contributed by atoms with E-state index in [2.05, 4.69) is 168 Å². The highest BCUT2D eigenvalue weighted by molar-refractivity contribution is 9.10. The number of para-hydroxylation sites is 1. The van der Waals surface area contributed by atoms with Crippen molar-refractivity contribution >= 4 is 139 Å². The summed E-state index contributed by atoms with van der Waals surface area (Å²) in [6.07, 6.45) is 0. The minimum atomic E-state index is -1.00. The van der Waals surface area contributed by atoms with Gasteiger partial charge in [-0.2, -0.15) is 9.97 Å². The van der Waals surface area contributed by atoms with E-state index in [-0.39, 0.29) is 53.4 Å². The zero-order chi connectivity index (χ0) is 78.6. The fourth-order valence-corrected chi connectivity index (χ4v) is 12.7. The molecule has 0 atom stereocenters. The molecule has 1 radical (unpaired) electrons. The zero-order valence-electron chi connectivity index (χ0n) is 63.9. The summed E-state index contributed by atoms with van der Waals surface area (Å²) in [4.78, 5) is 13.1. The maximum absolute atomic E-state index is 9.96. The summed E-state index contributed by atoms with van der Waals surface area (Å²) in [5, 5.41) is 19.6. The molecule has 0 bridgehead atoms. The van der Waals surface area contributed by atoms with E-state index in [1.165, 1.54) is 43.8 Å². The summed E-state index contributed by atoms with van der Waals surface area (Å²) in [5.41, 5.74) is 7.21. The molecule has 3 saturated heterocycles. The number of benzene rings is 12. The second-order valence-corrected chi connectivity index (χ2v) is 31.3. The summed E-state index contributed by atoms with van der Waals surface area (Å²) >= 11 is 20.9. The van der Waals surface area contributed by atoms with Crippen LogP contribution >= 0.6 is 50.7 Å². The minimum absolute atomic E-state index is 0. The van der Waals surface area contributed by atoms with Gasteiger partial charge in [0.15, 0.2) is 11.6 Å². The van der Waals surface area contributed by atoms with Crippen LogP contribution in [-0.2, 0) is 27.9 Å². The van der Waals surface area contributed by atoms with E-state index in [1.54, 1.807) is 0 Å². The standard InChI is InChI=1S/C22H23BO2.C21H12ClN3O.C16H11Cl.C12H24B2O4.C10H8BO2.C6H4BrCl.CH3F.CH4/c1-21(2)22(3,4)25-23(24-21)20-13-11-17(12-14-20)19-10-9-16-7-5-6-8-18(16)15-19;22-21-24-19(13-6-2-1-3-7-13)23-20(25-21)14-10-11-16-15-8-4-5-9-17(15)26-18(16)12-14;17-16-9-7-13(8-10-16)15-6-5-12-3-1-2-4-14(12)11-15;1-9(2)10(3,4)16-13(15-9)14-17-11(5,6)12(7,8)18-14;12-11-13-10-6-5-8-3-1-2-4-9(8)7-10;7-5-1-3-6(8)4-2-5;1-2;/h5-15H,1-4H3;1-12H;1-11H;1-8H3;1-7,12H;1-4H;1H3;1H4/i;;;;;;1D;. The van der Waals surface area contributed by atoms with Crippen LogP contribution in [0.4, 0.5) is 4.39 Å². The Labute approximate surface area is 672 Å². The van der Waals surface area contributed by atoms with Crippen LogP contribution in [0.1, 0.15) is 91.9 Å². The fourth-order valence-electron chi connectivity index (χ4n) is 12.0. The van der Waals surface area contributed by atoms with Gasteiger partial charge in [-0.15, -0.1) is 0 Å². The average Bonchev–Trinajstić information content (AvgIpc) is 1.60. The third-order valence-electron chi connectivity index (χ3n) is 20.2. The Kier molecular flexibility index (Phi) is 27.1. The molecule has 5 heterocycles. The van der Waals surface area contributed by atoms with E-state index in [1.807, 2.05) is 219 Å². The Morgan fingerprint density at radius 3 is 1.24 bits per heavy atom. The third kappa shape index (κ3) is 20.3. The maximum atomic E-state index is 9.96. The Morgan fingerprint density at radius 2 is 0.764 bits per heavy atom. The van der Waals surface area contributed by atoms with Gasteiger partial charge < -0.3 is 42.0 Å². The molecule has 0 unspecified atom stereocenters. The first kappa shape index (κ1) is 82.3. The molecular weight excluding hydrogens is 1500 g/mol. The first-order chi connectivity index (χ1) is 52.4. The summed E-state index contributed by atoms with van der Waals surface area (Å²) in [7, 11) is -1.58. The van der Waals surface area contributed by atoms with Crippen LogP contribution in [0.5, 0.6) is 5.75 Å². The SMILES string of the molecule is C.CC1(C)OB(B2OC(C)(C)C(C)(C)O2)OC1(C)C.CC1(C)OB(c2ccc(-c3ccc4ccccc4c3)cc2)OC1(C)C.Clc1ccc(-c2ccc3ccccc3c2)cc1.Clc1ccc(Br)cc1.Clc1nc(-c2ccccc2)nc(-c2ccc3c(c2)oc2ccccc23)n1.O[B]Oc1ccc2ccccc2c1.[2H]CF. The molecule has 110 heavy (non-hydrogen) atoms. The lowest BCUT2D eigenvalue weighted by atomic mass is 9.49. The lowest BCUT2D eigenvalue weighted by Gasteiger charge is -2.32. The minimum Gasteiger partial charge on any atom is -0.537 e. The quantitative estimate of drug-likeness (QED) is 0.145. The molecule has 12 nitrogen and oxygen atoms in total. The van der Waals surface area contributed by atoms with Crippen LogP contribution < -0.4 is 10.1 Å². The molecule has 3 fully saturated rings. The van der Waals surface area contributed by atoms with Gasteiger partial charge in [-0.25, -0.2) is 4.98 Å². The highest BCUT2D eigenvalue weighted by Crippen LogP contribution is 2.44. The van der Waals surface area contributed by atoms with Crippen molar-refractivity contribution in [3.8, 4) is 50.8 Å². The molecule has 0 saturated carbocycles. The topological polar surface area (TPSA) is 137 Å². The van der Waals surface area contributed by atoms with Crippen molar-refractivity contribution in [2.24, 2.45) is 0 Å². The molecule has 0 amide bonds. The number of fused-ring (bicyclic) bond motifs is 6. The smallest absolute Gasteiger partial charge is 0.537 e. The normalized spacial score (nSPS) is 15.8. The largest absolute Gasteiger partial charge is 0.569 e. The van der Waals surface area contributed by atoms with Crippen molar-refractivity contribution in [3.63, 3.8) is 0 Å². The van der Waals surface area contributed by atoms with Crippen LogP contribution in [0.2, 0.25) is 15.3 Å². The van der Waals surface area contributed by atoms with Crippen molar-refractivity contribution < 1.29 is 47.8 Å². The lowest BCUT2D eigenvalue weighted by Crippen LogP contribution is -2.41. The van der Waals surface area contributed by atoms with Crippen molar-refractivity contribution in [2.75, 3.05) is 7.15 Å². The van der Waals surface area contributed by atoms with Gasteiger partial charge >= 0.3 is 28.8 Å². The zero-order valence-corrected chi connectivity index (χ0v) is 66.8. The summed E-state index contributed by atoms with van der Waals surface area (Å²) in [6.45, 7) is 24.5. The van der Waals surface area contributed by atoms with Gasteiger partial charge in [0.05, 0.1) is 42.1 Å². The molecule has 561 valence electrons. The first-order valence-corrected chi connectivity index (χ1v) is 37.5. The summed E-state index contributed by atoms with van der Waals surface area (Å²) in [6, 6.07) is 91.1. The Hall–Kier alpha value is -8.71. The molecule has 3 aliphatic heterocycles. The fraction of sp³-hybridized carbons (Fsp3) is 0.225. The predicted molar refractivity (Wildman–Crippen MR) is 460 cm³/mol. The predicted octanol–water partition coefficient (Wildman–Crippen LogP) is 24.0. The molecule has 2 aromatic heterocycles. The highest BCUT2D eigenvalue weighted by Gasteiger charge is 2.64. The highest BCUT2D eigenvalue weighted by atomic mass is 79.9. The molecule has 0 aliphatic carbocycles. The van der Waals surface area contributed by atoms with E-state index in [4.69, 9.17) is 78.2 Å². The Bertz CT molecular complexity index is 5320. The van der Waals surface area contributed by atoms with Gasteiger partial charge in [-0.05, 0) is 234 Å². The molecule has 14 aromatic rings. The van der Waals surface area contributed by atoms with Crippen LogP contribution in [-0.4, -0.2) is 89.6 Å². The monoisotopic (exact) mass is 1590 g/mol. The van der Waals surface area contributed by atoms with E-state index in [0.717, 1.165) is 63.8 Å². The Balaban J connectivity index is 0.000000144. The van der Waals surface area contributed by atoms with Crippen molar-refractivity contribution in [1.82, 2.24) is 15.0 Å². The van der Waals surface area contributed by atoms with Gasteiger partial charge in [0.2, 0.25) is 5.28 Å². The van der Waals surface area contributed by atoms with E-state index in [0.29, 0.717) is 25.1 Å². The molecule has 3 aliphatic rings. The van der Waals surface area contributed by atoms with Gasteiger partial charge in [0.25, 0.3) is 0 Å². The average molecular weight is 1590 g/mol. The van der Waals surface area contributed by atoms with Gasteiger partial charge in [-0.3, -0.25) is 4.39 Å². The van der Waals surface area contributed by atoms with Crippen LogP contribution in [0.3, 0.4) is 0 Å². The van der Waals surface area contributed by atoms with E-state index < -0.39 is 21.2 Å². The second-order valence-electron chi connectivity index (χ2n) is 29.2. The molecule has 0 spiro atoms. The molecule has 12 aromatic carbocycles. The van der Waals surface area contributed by atoms with E-state index in [9.17, 15) is 4.39 Å². The molecular formula is C89H89B4BrCl3FN3O9.